The Labute approximate surface area is 129 Å². The zero-order chi connectivity index (χ0) is 15.5. The second-order valence-electron chi connectivity index (χ2n) is 4.64. The predicted molar refractivity (Wildman–Crippen MR) is 93.1 cm³/mol. The summed E-state index contributed by atoms with van der Waals surface area (Å²) in [6.07, 6.45) is 0.915. The van der Waals surface area contributed by atoms with Gasteiger partial charge in [-0.25, -0.2) is 0 Å². The summed E-state index contributed by atoms with van der Waals surface area (Å²) in [4.78, 5) is 11.2. The molecule has 1 aliphatic rings. The van der Waals surface area contributed by atoms with Crippen molar-refractivity contribution >= 4 is 18.1 Å². The van der Waals surface area contributed by atoms with E-state index in [-0.39, 0.29) is 0 Å². The van der Waals surface area contributed by atoms with Crippen LogP contribution in [0.1, 0.15) is 32.8 Å². The summed E-state index contributed by atoms with van der Waals surface area (Å²) in [5.74, 6) is 0. The van der Waals surface area contributed by atoms with Crippen LogP contribution in [0.4, 0.5) is 5.69 Å². The van der Waals surface area contributed by atoms with E-state index < -0.39 is 0 Å². The number of benzene rings is 1. The standard InChI is InChI=1S/C15H22N4.C2H6/c1-3-14(13-6-4-5-7-15(13)16-2)18-12-19-10-8-17-9-11-19;1-2/h4-7,17H,2-3,8-12H2,1H3;1-2H3/b18-14-;. The van der Waals surface area contributed by atoms with E-state index >= 15 is 0 Å². The first-order valence-corrected chi connectivity index (χ1v) is 7.87. The number of hydrogen-bond donors (Lipinski definition) is 1. The van der Waals surface area contributed by atoms with E-state index in [0.29, 0.717) is 0 Å². The minimum absolute atomic E-state index is 0.774. The van der Waals surface area contributed by atoms with Gasteiger partial charge in [0.25, 0.3) is 0 Å². The molecule has 0 unspecified atom stereocenters. The van der Waals surface area contributed by atoms with Crippen LogP contribution in [0.3, 0.4) is 0 Å². The normalized spacial score (nSPS) is 16.0. The molecule has 0 saturated carbocycles. The van der Waals surface area contributed by atoms with Crippen molar-refractivity contribution in [1.82, 2.24) is 10.2 Å². The molecule has 1 aliphatic heterocycles. The highest BCUT2D eigenvalue weighted by Crippen LogP contribution is 2.20. The van der Waals surface area contributed by atoms with Gasteiger partial charge in [0.2, 0.25) is 0 Å². The molecule has 1 heterocycles. The first-order chi connectivity index (χ1) is 10.3. The average Bonchev–Trinajstić information content (AvgIpc) is 2.58. The van der Waals surface area contributed by atoms with Crippen LogP contribution in [0.15, 0.2) is 34.3 Å². The van der Waals surface area contributed by atoms with Crippen LogP contribution in [0.25, 0.3) is 0 Å². The van der Waals surface area contributed by atoms with Crippen molar-refractivity contribution in [2.24, 2.45) is 9.98 Å². The molecule has 1 fully saturated rings. The van der Waals surface area contributed by atoms with E-state index in [1.54, 1.807) is 0 Å². The number of hydrogen-bond acceptors (Lipinski definition) is 4. The number of para-hydroxylation sites is 1. The van der Waals surface area contributed by atoms with Crippen LogP contribution >= 0.6 is 0 Å². The predicted octanol–water partition coefficient (Wildman–Crippen LogP) is 3.11. The molecule has 0 amide bonds. The largest absolute Gasteiger partial charge is 0.314 e. The maximum atomic E-state index is 4.77. The summed E-state index contributed by atoms with van der Waals surface area (Å²) < 4.78 is 0. The lowest BCUT2D eigenvalue weighted by Gasteiger charge is -2.25. The third-order valence-electron chi connectivity index (χ3n) is 3.39. The molecule has 116 valence electrons. The highest BCUT2D eigenvalue weighted by atomic mass is 15.2. The van der Waals surface area contributed by atoms with E-state index in [4.69, 9.17) is 4.99 Å². The molecule has 0 radical (unpaired) electrons. The lowest BCUT2D eigenvalue weighted by Crippen LogP contribution is -2.43. The molecule has 0 spiro atoms. The Balaban J connectivity index is 0.00000106. The van der Waals surface area contributed by atoms with Crippen molar-refractivity contribution in [3.8, 4) is 0 Å². The summed E-state index contributed by atoms with van der Waals surface area (Å²) >= 11 is 0. The van der Waals surface area contributed by atoms with Crippen LogP contribution < -0.4 is 5.32 Å². The monoisotopic (exact) mass is 288 g/mol. The molecular weight excluding hydrogens is 260 g/mol. The second-order valence-corrected chi connectivity index (χ2v) is 4.64. The van der Waals surface area contributed by atoms with Crippen LogP contribution in [0, 0.1) is 0 Å². The van der Waals surface area contributed by atoms with Crippen LogP contribution in [0.2, 0.25) is 0 Å². The van der Waals surface area contributed by atoms with Crippen molar-refractivity contribution in [2.75, 3.05) is 32.8 Å². The third-order valence-corrected chi connectivity index (χ3v) is 3.39. The SMILES string of the molecule is C=Nc1ccccc1/C(CC)=N\CN1CCNCC1.CC. The van der Waals surface area contributed by atoms with Gasteiger partial charge in [-0.3, -0.25) is 14.9 Å². The van der Waals surface area contributed by atoms with Gasteiger partial charge in [0.05, 0.1) is 12.4 Å². The highest BCUT2D eigenvalue weighted by molar-refractivity contribution is 6.04. The molecule has 0 aliphatic carbocycles. The summed E-state index contributed by atoms with van der Waals surface area (Å²) in [6, 6.07) is 8.07. The lowest BCUT2D eigenvalue weighted by atomic mass is 10.1. The maximum absolute atomic E-state index is 4.77. The molecular formula is C17H28N4. The summed E-state index contributed by atoms with van der Waals surface area (Å²) in [5.41, 5.74) is 3.14. The molecule has 1 saturated heterocycles. The van der Waals surface area contributed by atoms with Crippen molar-refractivity contribution < 1.29 is 0 Å². The third kappa shape index (κ3) is 5.40. The Morgan fingerprint density at radius 1 is 1.24 bits per heavy atom. The van der Waals surface area contributed by atoms with Crippen LogP contribution in [-0.2, 0) is 0 Å². The van der Waals surface area contributed by atoms with E-state index in [1.807, 2.05) is 32.0 Å². The van der Waals surface area contributed by atoms with Crippen molar-refractivity contribution in [3.05, 3.63) is 29.8 Å². The lowest BCUT2D eigenvalue weighted by molar-refractivity contribution is 0.248. The smallest absolute Gasteiger partial charge is 0.0913 e. The molecule has 0 aromatic heterocycles. The Hall–Kier alpha value is -1.52. The van der Waals surface area contributed by atoms with Gasteiger partial charge >= 0.3 is 0 Å². The number of piperazine rings is 1. The molecule has 4 nitrogen and oxygen atoms in total. The Morgan fingerprint density at radius 2 is 1.90 bits per heavy atom. The van der Waals surface area contributed by atoms with E-state index in [9.17, 15) is 0 Å². The zero-order valence-electron chi connectivity index (χ0n) is 13.6. The number of rotatable bonds is 5. The molecule has 4 heteroatoms. The fourth-order valence-corrected chi connectivity index (χ4v) is 2.28. The van der Waals surface area contributed by atoms with Gasteiger partial charge in [0.15, 0.2) is 0 Å². The fourth-order valence-electron chi connectivity index (χ4n) is 2.28. The van der Waals surface area contributed by atoms with Crippen molar-refractivity contribution in [3.63, 3.8) is 0 Å². The van der Waals surface area contributed by atoms with Gasteiger partial charge in [-0.05, 0) is 19.2 Å². The molecule has 21 heavy (non-hydrogen) atoms. The van der Waals surface area contributed by atoms with Gasteiger partial charge in [0, 0.05) is 37.5 Å². The fraction of sp³-hybridized carbons (Fsp3) is 0.529. The van der Waals surface area contributed by atoms with Gasteiger partial charge < -0.3 is 5.32 Å². The van der Waals surface area contributed by atoms with Crippen LogP contribution in [0.5, 0.6) is 0 Å². The quantitative estimate of drug-likeness (QED) is 0.846. The molecule has 1 N–H and O–H groups in total. The topological polar surface area (TPSA) is 40.0 Å². The number of nitrogens with one attached hydrogen (secondary N) is 1. The average molecular weight is 288 g/mol. The Kier molecular flexibility index (Phi) is 8.55. The maximum Gasteiger partial charge on any atom is 0.0913 e. The van der Waals surface area contributed by atoms with Gasteiger partial charge in [-0.2, -0.15) is 0 Å². The second kappa shape index (κ2) is 10.2. The molecule has 2 rings (SSSR count). The number of nitrogens with zero attached hydrogens (tertiary/aromatic N) is 3. The summed E-state index contributed by atoms with van der Waals surface area (Å²) in [7, 11) is 0. The highest BCUT2D eigenvalue weighted by Gasteiger charge is 2.10. The molecule has 1 aromatic carbocycles. The van der Waals surface area contributed by atoms with Gasteiger partial charge in [-0.15, -0.1) is 0 Å². The van der Waals surface area contributed by atoms with Crippen molar-refractivity contribution in [2.45, 2.75) is 27.2 Å². The minimum Gasteiger partial charge on any atom is -0.314 e. The molecule has 0 atom stereocenters. The van der Waals surface area contributed by atoms with E-state index in [2.05, 4.69) is 34.9 Å². The van der Waals surface area contributed by atoms with E-state index in [0.717, 1.165) is 56.2 Å². The van der Waals surface area contributed by atoms with Crippen molar-refractivity contribution in [1.29, 1.82) is 0 Å². The first-order valence-electron chi connectivity index (χ1n) is 7.87. The Bertz CT molecular complexity index is 448. The van der Waals surface area contributed by atoms with E-state index in [1.165, 1.54) is 0 Å². The van der Waals surface area contributed by atoms with Gasteiger partial charge in [0.1, 0.15) is 0 Å². The Morgan fingerprint density at radius 3 is 2.52 bits per heavy atom. The molecule has 0 bridgehead atoms. The number of aliphatic imine (C=N–C) groups is 2. The first kappa shape index (κ1) is 17.5. The summed E-state index contributed by atoms with van der Waals surface area (Å²) in [6.45, 7) is 14.8. The van der Waals surface area contributed by atoms with Crippen LogP contribution in [-0.4, -0.2) is 50.2 Å². The molecule has 1 aromatic rings. The minimum atomic E-state index is 0.774. The zero-order valence-corrected chi connectivity index (χ0v) is 13.6. The summed E-state index contributed by atoms with van der Waals surface area (Å²) in [5, 5.41) is 3.35. The van der Waals surface area contributed by atoms with Gasteiger partial charge in [-0.1, -0.05) is 39.0 Å².